The molecule has 3 aromatic rings. The van der Waals surface area contributed by atoms with Gasteiger partial charge >= 0.3 is 0 Å². The summed E-state index contributed by atoms with van der Waals surface area (Å²) in [6, 6.07) is 10.4. The Kier molecular flexibility index (Phi) is 5.08. The van der Waals surface area contributed by atoms with E-state index in [1.807, 2.05) is 13.0 Å². The lowest BCUT2D eigenvalue weighted by molar-refractivity contribution is 0.181. The van der Waals surface area contributed by atoms with E-state index < -0.39 is 0 Å². The van der Waals surface area contributed by atoms with Gasteiger partial charge in [-0.3, -0.25) is 0 Å². The highest BCUT2D eigenvalue weighted by Crippen LogP contribution is 2.36. The van der Waals surface area contributed by atoms with E-state index in [0.717, 1.165) is 30.3 Å². The second-order valence-corrected chi connectivity index (χ2v) is 8.50. The predicted octanol–water partition coefficient (Wildman–Crippen LogP) is 3.92. The summed E-state index contributed by atoms with van der Waals surface area (Å²) in [7, 11) is 1.68. The van der Waals surface area contributed by atoms with E-state index in [1.54, 1.807) is 7.11 Å². The molecule has 0 fully saturated rings. The first kappa shape index (κ1) is 19.5. The number of aromatic nitrogens is 4. The summed E-state index contributed by atoms with van der Waals surface area (Å²) in [5, 5.41) is 8.38. The molecule has 0 N–H and O–H groups in total. The molecule has 0 spiro atoms. The van der Waals surface area contributed by atoms with Gasteiger partial charge in [0.05, 0.1) is 12.3 Å². The number of anilines is 1. The monoisotopic (exact) mass is 393 g/mol. The summed E-state index contributed by atoms with van der Waals surface area (Å²) in [6.07, 6.45) is 0.784. The number of fused-ring (bicyclic) bond motifs is 1. The van der Waals surface area contributed by atoms with E-state index in [4.69, 9.17) is 19.1 Å². The lowest BCUT2D eigenvalue weighted by Crippen LogP contribution is -2.36. The topological polar surface area (TPSA) is 77.2 Å². The van der Waals surface area contributed by atoms with Crippen LogP contribution in [0.1, 0.15) is 61.2 Å². The maximum atomic E-state index is 5.83. The number of nitrogens with zero attached hydrogens (tertiary/aromatic N) is 5. The largest absolute Gasteiger partial charge is 0.423 e. The van der Waals surface area contributed by atoms with Gasteiger partial charge in [0.15, 0.2) is 0 Å². The fourth-order valence-electron chi connectivity index (χ4n) is 3.62. The molecule has 3 heterocycles. The van der Waals surface area contributed by atoms with E-state index in [-0.39, 0.29) is 11.5 Å². The molecule has 4 rings (SSSR count). The number of rotatable bonds is 4. The quantitative estimate of drug-likeness (QED) is 0.665. The highest BCUT2D eigenvalue weighted by Gasteiger charge is 2.33. The fraction of sp³-hybridized carbons (Fsp3) is 0.455. The summed E-state index contributed by atoms with van der Waals surface area (Å²) >= 11 is 0. The average molecular weight is 393 g/mol. The average Bonchev–Trinajstić information content (AvgIpc) is 3.12. The molecule has 1 aliphatic rings. The van der Waals surface area contributed by atoms with Crippen molar-refractivity contribution in [2.75, 3.05) is 12.0 Å². The van der Waals surface area contributed by atoms with Gasteiger partial charge in [0.1, 0.15) is 17.7 Å². The Morgan fingerprint density at radius 3 is 2.55 bits per heavy atom. The lowest BCUT2D eigenvalue weighted by Gasteiger charge is -2.36. The van der Waals surface area contributed by atoms with Crippen molar-refractivity contribution < 1.29 is 9.15 Å². The van der Waals surface area contributed by atoms with Crippen molar-refractivity contribution in [2.45, 2.75) is 58.7 Å². The van der Waals surface area contributed by atoms with Gasteiger partial charge in [0.25, 0.3) is 0 Å². The zero-order valence-electron chi connectivity index (χ0n) is 17.6. The summed E-state index contributed by atoms with van der Waals surface area (Å²) in [4.78, 5) is 11.9. The lowest BCUT2D eigenvalue weighted by atomic mass is 9.93. The first-order chi connectivity index (χ1) is 13.8. The Labute approximate surface area is 171 Å². The minimum atomic E-state index is -0.178. The summed E-state index contributed by atoms with van der Waals surface area (Å²) < 4.78 is 11.2. The van der Waals surface area contributed by atoms with Gasteiger partial charge in [0.2, 0.25) is 11.8 Å². The summed E-state index contributed by atoms with van der Waals surface area (Å²) in [5.41, 5.74) is 3.26. The van der Waals surface area contributed by atoms with Crippen molar-refractivity contribution >= 4 is 5.82 Å². The minimum absolute atomic E-state index is 0.0794. The van der Waals surface area contributed by atoms with Crippen molar-refractivity contribution in [1.29, 1.82) is 0 Å². The zero-order valence-corrected chi connectivity index (χ0v) is 17.6. The molecule has 2 aromatic heterocycles. The molecule has 0 bridgehead atoms. The molecule has 152 valence electrons. The van der Waals surface area contributed by atoms with Crippen LogP contribution in [-0.2, 0) is 29.7 Å². The molecule has 0 saturated carbocycles. The van der Waals surface area contributed by atoms with Crippen molar-refractivity contribution in [2.24, 2.45) is 0 Å². The number of hydrogen-bond acceptors (Lipinski definition) is 7. The first-order valence-corrected chi connectivity index (χ1v) is 9.86. The normalized spacial score (nSPS) is 16.7. The van der Waals surface area contributed by atoms with Gasteiger partial charge in [0, 0.05) is 38.5 Å². The van der Waals surface area contributed by atoms with Crippen LogP contribution in [0.25, 0.3) is 0 Å². The molecule has 0 radical (unpaired) electrons. The van der Waals surface area contributed by atoms with Crippen LogP contribution in [0.5, 0.6) is 0 Å². The van der Waals surface area contributed by atoms with Gasteiger partial charge in [-0.05, 0) is 11.1 Å². The van der Waals surface area contributed by atoms with Gasteiger partial charge in [-0.1, -0.05) is 45.0 Å². The fourth-order valence-corrected chi connectivity index (χ4v) is 3.62. The van der Waals surface area contributed by atoms with Crippen molar-refractivity contribution in [3.05, 3.63) is 64.8 Å². The van der Waals surface area contributed by atoms with Crippen LogP contribution in [0.3, 0.4) is 0 Å². The van der Waals surface area contributed by atoms with Crippen LogP contribution in [-0.4, -0.2) is 27.3 Å². The number of hydrogen-bond donors (Lipinski definition) is 0. The molecule has 1 atom stereocenters. The third kappa shape index (κ3) is 4.00. The van der Waals surface area contributed by atoms with E-state index >= 15 is 0 Å². The molecule has 29 heavy (non-hydrogen) atoms. The van der Waals surface area contributed by atoms with Crippen LogP contribution in [0.4, 0.5) is 5.82 Å². The number of aryl methyl sites for hydroxylation is 1. The van der Waals surface area contributed by atoms with Crippen LogP contribution in [0, 0.1) is 6.92 Å². The van der Waals surface area contributed by atoms with Gasteiger partial charge in [-0.15, -0.1) is 10.2 Å². The Balaban J connectivity index is 1.82. The molecule has 7 nitrogen and oxygen atoms in total. The maximum Gasteiger partial charge on any atom is 0.239 e. The Hall–Kier alpha value is -2.80. The van der Waals surface area contributed by atoms with Crippen LogP contribution >= 0.6 is 0 Å². The van der Waals surface area contributed by atoms with E-state index in [1.165, 1.54) is 11.1 Å². The number of benzene rings is 1. The minimum Gasteiger partial charge on any atom is -0.423 e. The molecule has 1 aliphatic heterocycles. The van der Waals surface area contributed by atoms with Crippen LogP contribution < -0.4 is 4.90 Å². The molecule has 1 unspecified atom stereocenters. The second kappa shape index (κ2) is 7.55. The molecule has 7 heteroatoms. The highest BCUT2D eigenvalue weighted by molar-refractivity contribution is 5.48. The number of methoxy groups -OCH3 is 1. The van der Waals surface area contributed by atoms with Crippen molar-refractivity contribution in [3.63, 3.8) is 0 Å². The SMILES string of the molecule is COCc1cc(N2Cc3ccccc3CC2c2nnc(C)o2)nc(C(C)(C)C)n1. The predicted molar refractivity (Wildman–Crippen MR) is 110 cm³/mol. The van der Waals surface area contributed by atoms with E-state index in [9.17, 15) is 0 Å². The third-order valence-electron chi connectivity index (χ3n) is 5.10. The molecule has 0 aliphatic carbocycles. The first-order valence-electron chi connectivity index (χ1n) is 9.86. The standard InChI is InChI=1S/C22H27N5O2/c1-14-25-26-20(29-14)18-10-15-8-6-7-9-16(15)12-27(18)19-11-17(13-28-5)23-21(24-19)22(2,3)4/h6-9,11,18H,10,12-13H2,1-5H3. The second-order valence-electron chi connectivity index (χ2n) is 8.50. The van der Waals surface area contributed by atoms with Crippen molar-refractivity contribution in [3.8, 4) is 0 Å². The zero-order chi connectivity index (χ0) is 20.6. The molecule has 0 saturated heterocycles. The van der Waals surface area contributed by atoms with Gasteiger partial charge in [-0.2, -0.15) is 0 Å². The Bertz CT molecular complexity index is 1010. The molecule has 1 aromatic carbocycles. The van der Waals surface area contributed by atoms with E-state index in [0.29, 0.717) is 18.4 Å². The molecular formula is C22H27N5O2. The Morgan fingerprint density at radius 2 is 1.90 bits per heavy atom. The highest BCUT2D eigenvalue weighted by atomic mass is 16.5. The summed E-state index contributed by atoms with van der Waals surface area (Å²) in [5.74, 6) is 2.83. The van der Waals surface area contributed by atoms with Crippen molar-refractivity contribution in [1.82, 2.24) is 20.2 Å². The third-order valence-corrected chi connectivity index (χ3v) is 5.10. The molecular weight excluding hydrogens is 366 g/mol. The maximum absolute atomic E-state index is 5.83. The van der Waals surface area contributed by atoms with E-state index in [2.05, 4.69) is 60.1 Å². The summed E-state index contributed by atoms with van der Waals surface area (Å²) in [6.45, 7) is 9.33. The number of ether oxygens (including phenoxy) is 1. The Morgan fingerprint density at radius 1 is 1.14 bits per heavy atom. The van der Waals surface area contributed by atoms with Crippen LogP contribution in [0.2, 0.25) is 0 Å². The van der Waals surface area contributed by atoms with Gasteiger partial charge < -0.3 is 14.1 Å². The van der Waals surface area contributed by atoms with Gasteiger partial charge in [-0.25, -0.2) is 9.97 Å². The smallest absolute Gasteiger partial charge is 0.239 e. The van der Waals surface area contributed by atoms with Crippen LogP contribution in [0.15, 0.2) is 34.7 Å². The molecule has 0 amide bonds.